The number of benzene rings is 2. The molecule has 5 nitrogen and oxygen atoms in total. The lowest BCUT2D eigenvalue weighted by atomic mass is 10.0. The summed E-state index contributed by atoms with van der Waals surface area (Å²) in [7, 11) is 0. The zero-order valence-corrected chi connectivity index (χ0v) is 15.3. The van der Waals surface area contributed by atoms with Crippen LogP contribution in [-0.4, -0.2) is 42.1 Å². The van der Waals surface area contributed by atoms with Crippen LogP contribution >= 0.6 is 0 Å². The van der Waals surface area contributed by atoms with E-state index in [9.17, 15) is 9.59 Å². The van der Waals surface area contributed by atoms with Crippen LogP contribution in [0.1, 0.15) is 40.1 Å². The Labute approximate surface area is 153 Å². The number of hydrogen-bond donors (Lipinski definition) is 0. The topological polar surface area (TPSA) is 55.8 Å². The fraction of sp³-hybridized carbons (Fsp3) is 0.333. The van der Waals surface area contributed by atoms with E-state index in [4.69, 9.17) is 9.47 Å². The lowest BCUT2D eigenvalue weighted by molar-refractivity contribution is 0.0103. The first kappa shape index (κ1) is 18.1. The van der Waals surface area contributed by atoms with Crippen molar-refractivity contribution in [3.8, 4) is 5.75 Å². The molecule has 2 amide bonds. The van der Waals surface area contributed by atoms with Crippen LogP contribution in [0.4, 0.5) is 0 Å². The number of rotatable bonds is 7. The summed E-state index contributed by atoms with van der Waals surface area (Å²) < 4.78 is 11.3. The maximum atomic E-state index is 12.6. The number of imide groups is 1. The molecule has 0 bridgehead atoms. The van der Waals surface area contributed by atoms with Crippen molar-refractivity contribution in [2.24, 2.45) is 0 Å². The van der Waals surface area contributed by atoms with Gasteiger partial charge in [0.25, 0.3) is 11.8 Å². The second-order valence-electron chi connectivity index (χ2n) is 7.02. The average molecular weight is 353 g/mol. The van der Waals surface area contributed by atoms with Crippen LogP contribution < -0.4 is 4.74 Å². The van der Waals surface area contributed by atoms with Crippen LogP contribution in [-0.2, 0) is 4.74 Å². The van der Waals surface area contributed by atoms with E-state index in [0.29, 0.717) is 24.3 Å². The third kappa shape index (κ3) is 3.63. The predicted octanol–water partition coefficient (Wildman–Crippen LogP) is 3.47. The fourth-order valence-corrected chi connectivity index (χ4v) is 2.98. The van der Waals surface area contributed by atoms with E-state index in [-0.39, 0.29) is 18.4 Å². The zero-order chi connectivity index (χ0) is 18.7. The van der Waals surface area contributed by atoms with Gasteiger partial charge in [-0.1, -0.05) is 29.8 Å². The molecule has 0 spiro atoms. The van der Waals surface area contributed by atoms with Crippen molar-refractivity contribution in [2.45, 2.75) is 26.3 Å². The van der Waals surface area contributed by atoms with Gasteiger partial charge in [-0.15, -0.1) is 0 Å². The van der Waals surface area contributed by atoms with E-state index >= 15 is 0 Å². The minimum Gasteiger partial charge on any atom is -0.491 e. The van der Waals surface area contributed by atoms with Gasteiger partial charge in [0.15, 0.2) is 0 Å². The molecular weight excluding hydrogens is 330 g/mol. The Morgan fingerprint density at radius 2 is 1.46 bits per heavy atom. The molecule has 26 heavy (non-hydrogen) atoms. The van der Waals surface area contributed by atoms with Crippen LogP contribution in [0.3, 0.4) is 0 Å². The molecule has 1 heterocycles. The van der Waals surface area contributed by atoms with Crippen molar-refractivity contribution >= 4 is 11.8 Å². The van der Waals surface area contributed by atoms with Gasteiger partial charge in [0.1, 0.15) is 12.4 Å². The molecule has 2 aromatic rings. The first-order chi connectivity index (χ1) is 12.4. The minimum absolute atomic E-state index is 0.246. The largest absolute Gasteiger partial charge is 0.491 e. The summed E-state index contributed by atoms with van der Waals surface area (Å²) in [6.45, 7) is 6.71. The van der Waals surface area contributed by atoms with Crippen LogP contribution in [0.15, 0.2) is 48.5 Å². The monoisotopic (exact) mass is 353 g/mol. The van der Waals surface area contributed by atoms with Gasteiger partial charge < -0.3 is 9.47 Å². The summed E-state index contributed by atoms with van der Waals surface area (Å²) in [4.78, 5) is 26.5. The Balaban J connectivity index is 1.52. The lowest BCUT2D eigenvalue weighted by Gasteiger charge is -2.33. The summed E-state index contributed by atoms with van der Waals surface area (Å²) >= 11 is 0. The Bertz CT molecular complexity index is 776. The third-order valence-electron chi connectivity index (χ3n) is 4.37. The van der Waals surface area contributed by atoms with Crippen molar-refractivity contribution < 1.29 is 19.1 Å². The van der Waals surface area contributed by atoms with E-state index in [1.54, 1.807) is 24.3 Å². The molecule has 1 aliphatic rings. The van der Waals surface area contributed by atoms with Crippen LogP contribution in [0.2, 0.25) is 0 Å². The summed E-state index contributed by atoms with van der Waals surface area (Å²) in [5.41, 5.74) is 1.34. The minimum atomic E-state index is -0.739. The standard InChI is InChI=1S/C21H23NO4/c1-15-8-10-16(11-9-15)26-13-12-25-14-21(2,3)22-19(23)17-6-4-5-7-18(17)20(22)24/h4-11H,12-14H2,1-3H3. The Morgan fingerprint density at radius 1 is 0.885 bits per heavy atom. The molecule has 0 saturated heterocycles. The van der Waals surface area contributed by atoms with Gasteiger partial charge in [-0.2, -0.15) is 0 Å². The number of carbonyl (C=O) groups excluding carboxylic acids is 2. The van der Waals surface area contributed by atoms with E-state index in [2.05, 4.69) is 0 Å². The van der Waals surface area contributed by atoms with Gasteiger partial charge in [-0.3, -0.25) is 14.5 Å². The van der Waals surface area contributed by atoms with Crippen LogP contribution in [0, 0.1) is 6.92 Å². The highest BCUT2D eigenvalue weighted by atomic mass is 16.5. The molecule has 0 unspecified atom stereocenters. The van der Waals surface area contributed by atoms with Crippen molar-refractivity contribution in [1.82, 2.24) is 4.90 Å². The molecule has 1 aliphatic heterocycles. The molecule has 0 saturated carbocycles. The van der Waals surface area contributed by atoms with Crippen LogP contribution in [0.25, 0.3) is 0 Å². The highest BCUT2D eigenvalue weighted by molar-refractivity contribution is 6.21. The molecule has 0 atom stereocenters. The number of hydrogen-bond acceptors (Lipinski definition) is 4. The van der Waals surface area contributed by atoms with Crippen molar-refractivity contribution in [3.63, 3.8) is 0 Å². The summed E-state index contributed by atoms with van der Waals surface area (Å²) in [6.07, 6.45) is 0. The van der Waals surface area contributed by atoms with E-state index in [1.165, 1.54) is 10.5 Å². The number of ether oxygens (including phenoxy) is 2. The number of nitrogens with zero attached hydrogens (tertiary/aromatic N) is 1. The average Bonchev–Trinajstić information content (AvgIpc) is 2.88. The molecular formula is C21H23NO4. The zero-order valence-electron chi connectivity index (χ0n) is 15.3. The van der Waals surface area contributed by atoms with E-state index in [0.717, 1.165) is 5.75 Å². The lowest BCUT2D eigenvalue weighted by Crippen LogP contribution is -2.50. The molecule has 5 heteroatoms. The molecule has 0 fully saturated rings. The summed E-state index contributed by atoms with van der Waals surface area (Å²) in [5, 5.41) is 0. The van der Waals surface area contributed by atoms with Crippen molar-refractivity contribution in [3.05, 3.63) is 65.2 Å². The van der Waals surface area contributed by atoms with Gasteiger partial charge in [0.05, 0.1) is 29.9 Å². The maximum absolute atomic E-state index is 12.6. The normalized spacial score (nSPS) is 13.9. The summed E-state index contributed by atoms with van der Waals surface area (Å²) in [5.74, 6) is 0.254. The number of aryl methyl sites for hydroxylation is 1. The van der Waals surface area contributed by atoms with Gasteiger partial charge in [0.2, 0.25) is 0 Å². The smallest absolute Gasteiger partial charge is 0.262 e. The highest BCUT2D eigenvalue weighted by Crippen LogP contribution is 2.29. The molecule has 3 rings (SSSR count). The Kier molecular flexibility index (Phi) is 5.09. The second kappa shape index (κ2) is 7.30. The Hall–Kier alpha value is -2.66. The number of amides is 2. The van der Waals surface area contributed by atoms with Crippen LogP contribution in [0.5, 0.6) is 5.75 Å². The Morgan fingerprint density at radius 3 is 2.04 bits per heavy atom. The molecule has 2 aromatic carbocycles. The van der Waals surface area contributed by atoms with E-state index in [1.807, 2.05) is 45.0 Å². The molecule has 0 N–H and O–H groups in total. The van der Waals surface area contributed by atoms with E-state index < -0.39 is 5.54 Å². The van der Waals surface area contributed by atoms with Gasteiger partial charge in [-0.25, -0.2) is 0 Å². The van der Waals surface area contributed by atoms with Crippen molar-refractivity contribution in [2.75, 3.05) is 19.8 Å². The number of carbonyl (C=O) groups is 2. The molecule has 0 aliphatic carbocycles. The fourth-order valence-electron chi connectivity index (χ4n) is 2.98. The molecule has 136 valence electrons. The third-order valence-corrected chi connectivity index (χ3v) is 4.37. The summed E-state index contributed by atoms with van der Waals surface area (Å²) in [6, 6.07) is 14.7. The first-order valence-corrected chi connectivity index (χ1v) is 8.65. The highest BCUT2D eigenvalue weighted by Gasteiger charge is 2.43. The molecule has 0 radical (unpaired) electrons. The SMILES string of the molecule is Cc1ccc(OCCOCC(C)(C)N2C(=O)c3ccccc3C2=O)cc1. The van der Waals surface area contributed by atoms with Gasteiger partial charge >= 0.3 is 0 Å². The quantitative estimate of drug-likeness (QED) is 0.565. The predicted molar refractivity (Wildman–Crippen MR) is 98.5 cm³/mol. The van der Waals surface area contributed by atoms with Gasteiger partial charge in [0, 0.05) is 0 Å². The first-order valence-electron chi connectivity index (χ1n) is 8.65. The number of fused-ring (bicyclic) bond motifs is 1. The molecule has 0 aromatic heterocycles. The maximum Gasteiger partial charge on any atom is 0.262 e. The van der Waals surface area contributed by atoms with Gasteiger partial charge in [-0.05, 0) is 45.0 Å². The second-order valence-corrected chi connectivity index (χ2v) is 7.02. The van der Waals surface area contributed by atoms with Crippen molar-refractivity contribution in [1.29, 1.82) is 0 Å².